The molecule has 0 unspecified atom stereocenters. The van der Waals surface area contributed by atoms with E-state index >= 15 is 0 Å². The fraction of sp³-hybridized carbons (Fsp3) is 0.778. The third kappa shape index (κ3) is 2.21. The SMILES string of the molecule is CC#CCN(CC)C1CNC1. The van der Waals surface area contributed by atoms with Crippen molar-refractivity contribution in [1.82, 2.24) is 10.2 Å². The van der Waals surface area contributed by atoms with Crippen LogP contribution in [0.5, 0.6) is 0 Å². The van der Waals surface area contributed by atoms with Gasteiger partial charge in [0, 0.05) is 19.1 Å². The molecule has 0 aromatic carbocycles. The number of likely N-dealkylation sites (N-methyl/N-ethyl adjacent to an activating group) is 1. The smallest absolute Gasteiger partial charge is 0.0604 e. The Hall–Kier alpha value is -0.520. The molecular weight excluding hydrogens is 136 g/mol. The Bertz CT molecular complexity index is 162. The number of hydrogen-bond donors (Lipinski definition) is 1. The lowest BCUT2D eigenvalue weighted by atomic mass is 10.1. The molecule has 0 atom stereocenters. The lowest BCUT2D eigenvalue weighted by Gasteiger charge is -2.36. The summed E-state index contributed by atoms with van der Waals surface area (Å²) in [7, 11) is 0. The van der Waals surface area contributed by atoms with Crippen LogP contribution in [0.3, 0.4) is 0 Å². The van der Waals surface area contributed by atoms with Crippen LogP contribution in [0, 0.1) is 11.8 Å². The maximum absolute atomic E-state index is 3.26. The molecule has 1 fully saturated rings. The molecule has 2 heteroatoms. The highest BCUT2D eigenvalue weighted by Gasteiger charge is 2.21. The molecule has 1 aliphatic heterocycles. The maximum Gasteiger partial charge on any atom is 0.0604 e. The Kier molecular flexibility index (Phi) is 3.41. The molecule has 11 heavy (non-hydrogen) atoms. The molecule has 1 aliphatic rings. The molecule has 0 amide bonds. The van der Waals surface area contributed by atoms with Crippen molar-refractivity contribution in [3.8, 4) is 11.8 Å². The summed E-state index contributed by atoms with van der Waals surface area (Å²) in [4.78, 5) is 2.41. The van der Waals surface area contributed by atoms with Gasteiger partial charge in [0.1, 0.15) is 0 Å². The van der Waals surface area contributed by atoms with Crippen molar-refractivity contribution in [3.63, 3.8) is 0 Å². The molecule has 0 radical (unpaired) electrons. The molecule has 2 nitrogen and oxygen atoms in total. The van der Waals surface area contributed by atoms with Crippen LogP contribution in [0.4, 0.5) is 0 Å². The Balaban J connectivity index is 2.27. The fourth-order valence-electron chi connectivity index (χ4n) is 1.21. The van der Waals surface area contributed by atoms with E-state index in [0.29, 0.717) is 0 Å². The van der Waals surface area contributed by atoms with Crippen molar-refractivity contribution in [2.24, 2.45) is 0 Å². The molecule has 0 aromatic rings. The number of nitrogens with zero attached hydrogens (tertiary/aromatic N) is 1. The van der Waals surface area contributed by atoms with Crippen molar-refractivity contribution < 1.29 is 0 Å². The first-order chi connectivity index (χ1) is 5.38. The van der Waals surface area contributed by atoms with E-state index in [-0.39, 0.29) is 0 Å². The van der Waals surface area contributed by atoms with E-state index in [0.717, 1.165) is 32.2 Å². The average Bonchev–Trinajstić information content (AvgIpc) is 1.93. The van der Waals surface area contributed by atoms with Crippen molar-refractivity contribution in [2.45, 2.75) is 19.9 Å². The first kappa shape index (κ1) is 8.58. The van der Waals surface area contributed by atoms with Crippen LogP contribution in [-0.4, -0.2) is 37.1 Å². The van der Waals surface area contributed by atoms with Crippen LogP contribution in [0.2, 0.25) is 0 Å². The summed E-state index contributed by atoms with van der Waals surface area (Å²) >= 11 is 0. The first-order valence-corrected chi connectivity index (χ1v) is 4.22. The van der Waals surface area contributed by atoms with Crippen LogP contribution in [0.15, 0.2) is 0 Å². The minimum Gasteiger partial charge on any atom is -0.314 e. The number of hydrogen-bond acceptors (Lipinski definition) is 2. The summed E-state index contributed by atoms with van der Waals surface area (Å²) in [6.07, 6.45) is 0. The lowest BCUT2D eigenvalue weighted by Crippen LogP contribution is -2.57. The van der Waals surface area contributed by atoms with Gasteiger partial charge in [-0.25, -0.2) is 0 Å². The van der Waals surface area contributed by atoms with Gasteiger partial charge >= 0.3 is 0 Å². The molecule has 0 aromatic heterocycles. The molecule has 0 bridgehead atoms. The van der Waals surface area contributed by atoms with E-state index in [4.69, 9.17) is 0 Å². The van der Waals surface area contributed by atoms with Crippen molar-refractivity contribution >= 4 is 0 Å². The Morgan fingerprint density at radius 2 is 2.27 bits per heavy atom. The van der Waals surface area contributed by atoms with Crippen molar-refractivity contribution in [1.29, 1.82) is 0 Å². The normalized spacial score (nSPS) is 17.4. The highest BCUT2D eigenvalue weighted by molar-refractivity contribution is 5.00. The summed E-state index contributed by atoms with van der Waals surface area (Å²) in [6.45, 7) is 8.40. The zero-order valence-corrected chi connectivity index (χ0v) is 7.35. The van der Waals surface area contributed by atoms with Gasteiger partial charge in [-0.15, -0.1) is 5.92 Å². The van der Waals surface area contributed by atoms with Crippen LogP contribution < -0.4 is 5.32 Å². The molecule has 0 spiro atoms. The van der Waals surface area contributed by atoms with Crippen LogP contribution in [0.25, 0.3) is 0 Å². The second kappa shape index (κ2) is 4.38. The standard InChI is InChI=1S/C9H16N2/c1-3-5-6-11(4-2)9-7-10-8-9/h9-10H,4,6-8H2,1-2H3. The molecule has 62 valence electrons. The summed E-state index contributed by atoms with van der Waals surface area (Å²) < 4.78 is 0. The summed E-state index contributed by atoms with van der Waals surface area (Å²) in [5.74, 6) is 6.02. The minimum absolute atomic E-state index is 0.737. The monoisotopic (exact) mass is 152 g/mol. The highest BCUT2D eigenvalue weighted by Crippen LogP contribution is 2.02. The van der Waals surface area contributed by atoms with Gasteiger partial charge in [-0.05, 0) is 13.5 Å². The quantitative estimate of drug-likeness (QED) is 0.585. The van der Waals surface area contributed by atoms with E-state index in [1.54, 1.807) is 0 Å². The second-order valence-electron chi connectivity index (χ2n) is 2.80. The first-order valence-electron chi connectivity index (χ1n) is 4.22. The van der Waals surface area contributed by atoms with E-state index in [1.165, 1.54) is 0 Å². The lowest BCUT2D eigenvalue weighted by molar-refractivity contribution is 0.172. The number of nitrogens with one attached hydrogen (secondary N) is 1. The van der Waals surface area contributed by atoms with Gasteiger partial charge in [-0.3, -0.25) is 4.90 Å². The van der Waals surface area contributed by atoms with Gasteiger partial charge in [-0.1, -0.05) is 12.8 Å². The van der Waals surface area contributed by atoms with Gasteiger partial charge in [0.15, 0.2) is 0 Å². The van der Waals surface area contributed by atoms with E-state index in [1.807, 2.05) is 6.92 Å². The number of rotatable bonds is 3. The zero-order valence-electron chi connectivity index (χ0n) is 7.35. The molecule has 0 aliphatic carbocycles. The predicted molar refractivity (Wildman–Crippen MR) is 47.4 cm³/mol. The van der Waals surface area contributed by atoms with E-state index < -0.39 is 0 Å². The van der Waals surface area contributed by atoms with Gasteiger partial charge in [-0.2, -0.15) is 0 Å². The second-order valence-corrected chi connectivity index (χ2v) is 2.80. The fourth-order valence-corrected chi connectivity index (χ4v) is 1.21. The van der Waals surface area contributed by atoms with Crippen LogP contribution >= 0.6 is 0 Å². The van der Waals surface area contributed by atoms with E-state index in [9.17, 15) is 0 Å². The molecular formula is C9H16N2. The summed E-state index contributed by atoms with van der Waals surface area (Å²) in [5.41, 5.74) is 0. The van der Waals surface area contributed by atoms with Crippen LogP contribution in [0.1, 0.15) is 13.8 Å². The van der Waals surface area contributed by atoms with Crippen molar-refractivity contribution in [2.75, 3.05) is 26.2 Å². The minimum atomic E-state index is 0.737. The van der Waals surface area contributed by atoms with Crippen molar-refractivity contribution in [3.05, 3.63) is 0 Å². The van der Waals surface area contributed by atoms with Gasteiger partial charge in [0.2, 0.25) is 0 Å². The summed E-state index contributed by atoms with van der Waals surface area (Å²) in [5, 5.41) is 3.26. The molecule has 1 N–H and O–H groups in total. The zero-order chi connectivity index (χ0) is 8.10. The molecule has 1 rings (SSSR count). The maximum atomic E-state index is 3.26. The Morgan fingerprint density at radius 3 is 2.64 bits per heavy atom. The third-order valence-corrected chi connectivity index (χ3v) is 2.14. The summed E-state index contributed by atoms with van der Waals surface area (Å²) in [6, 6.07) is 0.737. The third-order valence-electron chi connectivity index (χ3n) is 2.14. The van der Waals surface area contributed by atoms with Crippen LogP contribution in [-0.2, 0) is 0 Å². The largest absolute Gasteiger partial charge is 0.314 e. The predicted octanol–water partition coefficient (Wildman–Crippen LogP) is 0.303. The Labute approximate surface area is 69.0 Å². The van der Waals surface area contributed by atoms with Gasteiger partial charge in [0.05, 0.1) is 6.54 Å². The average molecular weight is 152 g/mol. The molecule has 1 saturated heterocycles. The molecule has 0 saturated carbocycles. The Morgan fingerprint density at radius 1 is 1.55 bits per heavy atom. The topological polar surface area (TPSA) is 15.3 Å². The van der Waals surface area contributed by atoms with E-state index in [2.05, 4.69) is 29.0 Å². The molecule has 1 heterocycles. The van der Waals surface area contributed by atoms with Gasteiger partial charge in [0.25, 0.3) is 0 Å². The van der Waals surface area contributed by atoms with Gasteiger partial charge < -0.3 is 5.32 Å². The highest BCUT2D eigenvalue weighted by atomic mass is 15.2.